The van der Waals surface area contributed by atoms with Gasteiger partial charge in [0.15, 0.2) is 22.7 Å². The van der Waals surface area contributed by atoms with Crippen LogP contribution in [0.2, 0.25) is 0 Å². The highest BCUT2D eigenvalue weighted by Crippen LogP contribution is 2.33. The number of nitrogens with two attached hydrogens (primary N) is 1. The number of rotatable bonds is 43. The van der Waals surface area contributed by atoms with Crippen LogP contribution in [0.15, 0.2) is 46.1 Å². The summed E-state index contributed by atoms with van der Waals surface area (Å²) in [5.74, 6) is -10.6. The first kappa shape index (κ1) is 65.5. The minimum atomic E-state index is -3.35. The number of halogens is 4. The first-order valence-electron chi connectivity index (χ1n) is 25.4. The summed E-state index contributed by atoms with van der Waals surface area (Å²) >= 11 is -3.35. The van der Waals surface area contributed by atoms with Gasteiger partial charge in [-0.2, -0.15) is 8.78 Å². The number of esters is 1. The maximum Gasteiger partial charge on any atom is 0.313 e. The molecule has 3 aromatic rings. The molecule has 4 rings (SSSR count). The Labute approximate surface area is 453 Å². The van der Waals surface area contributed by atoms with Gasteiger partial charge in [0, 0.05) is 48.6 Å². The minimum Gasteiger partial charge on any atom is -0.420 e. The van der Waals surface area contributed by atoms with Crippen molar-refractivity contribution in [3.8, 4) is 16.9 Å². The van der Waals surface area contributed by atoms with Crippen LogP contribution in [0.5, 0.6) is 5.75 Å². The fourth-order valence-corrected chi connectivity index (χ4v) is 7.30. The zero-order valence-corrected chi connectivity index (χ0v) is 45.2. The summed E-state index contributed by atoms with van der Waals surface area (Å²) in [6.45, 7) is 12.8. The maximum atomic E-state index is 14.0. The Hall–Kier alpha value is -4.98. The minimum absolute atomic E-state index is 0.0565. The Morgan fingerprint density at radius 3 is 1.56 bits per heavy atom. The number of carbonyl (C=O) groups is 2. The lowest BCUT2D eigenvalue weighted by atomic mass is 10.0. The van der Waals surface area contributed by atoms with Crippen molar-refractivity contribution >= 4 is 40.6 Å². The van der Waals surface area contributed by atoms with E-state index >= 15 is 0 Å². The zero-order chi connectivity index (χ0) is 56.3. The number of likely N-dealkylation sites (N-methyl/N-ethyl adjacent to an activating group) is 1. The fraction of sp³-hybridized carbons (Fsp3) is 0.588. The molecule has 27 heteroatoms. The van der Waals surface area contributed by atoms with E-state index in [2.05, 4.69) is 24.6 Å². The van der Waals surface area contributed by atoms with Crippen LogP contribution in [-0.2, 0) is 79.4 Å². The molecule has 1 aliphatic heterocycles. The fourth-order valence-electron chi connectivity index (χ4n) is 6.81. The lowest BCUT2D eigenvalue weighted by Crippen LogP contribution is -2.34. The summed E-state index contributed by atoms with van der Waals surface area (Å²) in [4.78, 5) is 44.7. The number of ether oxygens (including phenoxy) is 11. The van der Waals surface area contributed by atoms with E-state index in [0.29, 0.717) is 148 Å². The third-order valence-electron chi connectivity index (χ3n) is 10.6. The molecule has 3 N–H and O–H groups in total. The van der Waals surface area contributed by atoms with E-state index in [-0.39, 0.29) is 45.4 Å². The normalized spacial score (nSPS) is 12.8. The van der Waals surface area contributed by atoms with Crippen molar-refractivity contribution in [2.75, 3.05) is 159 Å². The molecule has 1 atom stereocenters. The van der Waals surface area contributed by atoms with Gasteiger partial charge in [-0.25, -0.2) is 33.0 Å². The third kappa shape index (κ3) is 24.6. The van der Waals surface area contributed by atoms with Gasteiger partial charge < -0.3 is 62.4 Å². The average Bonchev–Trinajstić information content (AvgIpc) is 3.66. The van der Waals surface area contributed by atoms with Crippen LogP contribution in [0.4, 0.5) is 23.2 Å². The predicted molar refractivity (Wildman–Crippen MR) is 275 cm³/mol. The van der Waals surface area contributed by atoms with Crippen LogP contribution >= 0.6 is 0 Å². The van der Waals surface area contributed by atoms with Gasteiger partial charge in [0.1, 0.15) is 16.6 Å². The van der Waals surface area contributed by atoms with Crippen molar-refractivity contribution in [1.29, 1.82) is 0 Å². The Morgan fingerprint density at radius 2 is 1.12 bits per heavy atom. The SMILES string of the molecule is CCCN(OCC)C(=O)C1=Cc2ccc(-c3cnc(CN(C)CCOCCOCCOCCOCCOCCOCCOCCOCCOCCOCCC(=O)Oc4c(F)c(F)c(S(=O)O)c(F)c4F)nc3)cc2N=C(N)C1. The molecule has 0 fully saturated rings. The molecule has 1 aliphatic rings. The molecule has 2 aromatic carbocycles. The Balaban J connectivity index is 0.861. The van der Waals surface area contributed by atoms with Crippen molar-refractivity contribution in [3.63, 3.8) is 0 Å². The van der Waals surface area contributed by atoms with E-state index in [1.165, 1.54) is 5.06 Å². The quantitative estimate of drug-likeness (QED) is 0.0146. The number of nitrogens with zero attached hydrogens (tertiary/aromatic N) is 5. The lowest BCUT2D eigenvalue weighted by molar-refractivity contribution is -0.180. The smallest absolute Gasteiger partial charge is 0.313 e. The molecule has 1 unspecified atom stereocenters. The molecule has 0 radical (unpaired) electrons. The Kier molecular flexibility index (Phi) is 32.4. The van der Waals surface area contributed by atoms with E-state index in [9.17, 15) is 31.4 Å². The number of benzene rings is 2. The number of amidine groups is 1. The number of hydroxylamine groups is 2. The van der Waals surface area contributed by atoms with Gasteiger partial charge in [0.05, 0.1) is 157 Å². The van der Waals surface area contributed by atoms with E-state index in [1.54, 1.807) is 12.4 Å². The predicted octanol–water partition coefficient (Wildman–Crippen LogP) is 4.84. The molecular weight excluding hydrogens is 1060 g/mol. The molecule has 436 valence electrons. The average molecular weight is 1130 g/mol. The highest BCUT2D eigenvalue weighted by Gasteiger charge is 2.31. The molecule has 1 aromatic heterocycles. The third-order valence-corrected chi connectivity index (χ3v) is 11.4. The summed E-state index contributed by atoms with van der Waals surface area (Å²) in [6, 6.07) is 5.80. The molecule has 78 heavy (non-hydrogen) atoms. The number of aromatic nitrogens is 2. The molecule has 2 heterocycles. The van der Waals surface area contributed by atoms with Gasteiger partial charge in [0.2, 0.25) is 17.4 Å². The maximum absolute atomic E-state index is 14.0. The molecule has 1 amide bonds. The summed E-state index contributed by atoms with van der Waals surface area (Å²) in [5.41, 5.74) is 9.94. The molecule has 0 saturated heterocycles. The van der Waals surface area contributed by atoms with E-state index in [1.807, 2.05) is 45.2 Å². The van der Waals surface area contributed by atoms with Crippen LogP contribution in [0, 0.1) is 23.3 Å². The van der Waals surface area contributed by atoms with Crippen LogP contribution in [0.1, 0.15) is 44.5 Å². The second-order valence-electron chi connectivity index (χ2n) is 16.7. The first-order valence-corrected chi connectivity index (χ1v) is 26.5. The van der Waals surface area contributed by atoms with E-state index in [0.717, 1.165) is 23.1 Å². The highest BCUT2D eigenvalue weighted by molar-refractivity contribution is 7.79. The number of aliphatic imine (C=N–C) groups is 1. The largest absolute Gasteiger partial charge is 0.420 e. The topological polar surface area (TPSA) is 253 Å². The number of hydrogen-bond acceptors (Lipinski definition) is 20. The Morgan fingerprint density at radius 1 is 0.654 bits per heavy atom. The van der Waals surface area contributed by atoms with Crippen LogP contribution in [-0.4, -0.2) is 205 Å². The van der Waals surface area contributed by atoms with Gasteiger partial charge in [-0.1, -0.05) is 19.1 Å². The molecule has 0 aliphatic carbocycles. The highest BCUT2D eigenvalue weighted by atomic mass is 32.2. The van der Waals surface area contributed by atoms with E-state index in [4.69, 9.17) is 62.5 Å². The molecule has 0 spiro atoms. The molecule has 0 saturated carbocycles. The van der Waals surface area contributed by atoms with Crippen molar-refractivity contribution in [1.82, 2.24) is 19.9 Å². The van der Waals surface area contributed by atoms with Crippen LogP contribution in [0.3, 0.4) is 0 Å². The second-order valence-corrected chi connectivity index (χ2v) is 17.6. The monoisotopic (exact) mass is 1130 g/mol. The van der Waals surface area contributed by atoms with Crippen molar-refractivity contribution in [3.05, 3.63) is 70.8 Å². The summed E-state index contributed by atoms with van der Waals surface area (Å²) in [5, 5.41) is 1.39. The van der Waals surface area contributed by atoms with Gasteiger partial charge in [-0.15, -0.1) is 0 Å². The van der Waals surface area contributed by atoms with Crippen LogP contribution in [0.25, 0.3) is 17.2 Å². The van der Waals surface area contributed by atoms with Crippen molar-refractivity contribution in [2.24, 2.45) is 10.7 Å². The van der Waals surface area contributed by atoms with Gasteiger partial charge in [0.25, 0.3) is 5.91 Å². The molecule has 22 nitrogen and oxygen atoms in total. The standard InChI is InChI=1S/C51H72F4N6O16S/c1-4-9-61(76-5-2)51(63)39-31-38-7-6-37(32-41(38)59-42(56)33-39)40-34-57-43(58-35-40)36-60(3)10-12-67-14-16-69-18-20-71-22-24-73-26-28-75-30-29-74-27-25-72-23-21-70-19-17-68-15-13-66-11-8-44(62)77-49-45(52)47(54)50(78(64)65)48(55)46(49)53/h6-7,31-32,34-35H,4-5,8-30,33,36H2,1-3H3,(H2,56,59)(H,64,65). The van der Waals surface area contributed by atoms with Crippen molar-refractivity contribution < 1.29 is 92.9 Å². The van der Waals surface area contributed by atoms with E-state index < -0.39 is 57.4 Å². The lowest BCUT2D eigenvalue weighted by Gasteiger charge is -2.21. The first-order chi connectivity index (χ1) is 37.8. The number of amides is 1. The van der Waals surface area contributed by atoms with Gasteiger partial charge in [-0.3, -0.25) is 19.3 Å². The second kappa shape index (κ2) is 38.6. The van der Waals surface area contributed by atoms with Crippen molar-refractivity contribution in [2.45, 2.75) is 44.6 Å². The van der Waals surface area contributed by atoms with Gasteiger partial charge in [-0.05, 0) is 38.1 Å². The Bertz CT molecular complexity index is 2310. The number of hydrogen-bond donors (Lipinski definition) is 2. The number of fused-ring (bicyclic) bond motifs is 1. The summed E-state index contributed by atoms with van der Waals surface area (Å²) in [6.07, 6.45) is 5.88. The zero-order valence-electron chi connectivity index (χ0n) is 44.4. The molecular formula is C51H72F4N6O16S. The molecule has 0 bridgehead atoms. The van der Waals surface area contributed by atoms with Crippen LogP contribution < -0.4 is 10.5 Å². The summed E-state index contributed by atoms with van der Waals surface area (Å²) in [7, 11) is 1.98. The number of carbonyl (C=O) groups excluding carboxylic acids is 2. The summed E-state index contributed by atoms with van der Waals surface area (Å²) < 4.78 is 134. The van der Waals surface area contributed by atoms with Gasteiger partial charge >= 0.3 is 5.97 Å².